The lowest BCUT2D eigenvalue weighted by Gasteiger charge is -2.19. The average molecular weight is 253 g/mol. The van der Waals surface area contributed by atoms with Crippen LogP contribution in [0.4, 0.5) is 5.69 Å². The van der Waals surface area contributed by atoms with Crippen LogP contribution in [0.25, 0.3) is 0 Å². The fraction of sp³-hybridized carbons (Fsp3) is 0.571. The number of anilines is 1. The van der Waals surface area contributed by atoms with Crippen LogP contribution >= 0.6 is 12.4 Å². The van der Waals surface area contributed by atoms with Crippen LogP contribution < -0.4 is 10.2 Å². The summed E-state index contributed by atoms with van der Waals surface area (Å²) in [5, 5.41) is 3.55. The molecule has 2 fully saturated rings. The monoisotopic (exact) mass is 252 g/mol. The van der Waals surface area contributed by atoms with E-state index < -0.39 is 0 Å². The topological polar surface area (TPSA) is 15.3 Å². The molecule has 0 spiro atoms. The van der Waals surface area contributed by atoms with Crippen molar-refractivity contribution in [1.29, 1.82) is 0 Å². The first kappa shape index (κ1) is 12.7. The number of nitrogens with zero attached hydrogens (tertiary/aromatic N) is 1. The van der Waals surface area contributed by atoms with E-state index in [0.29, 0.717) is 6.04 Å². The van der Waals surface area contributed by atoms with Crippen molar-refractivity contribution in [2.24, 2.45) is 0 Å². The Balaban J connectivity index is 0.00000108. The summed E-state index contributed by atoms with van der Waals surface area (Å²) in [7, 11) is 0. The van der Waals surface area contributed by atoms with Crippen molar-refractivity contribution in [3.05, 3.63) is 29.8 Å². The van der Waals surface area contributed by atoms with Gasteiger partial charge in [0, 0.05) is 24.8 Å². The highest BCUT2D eigenvalue weighted by Crippen LogP contribution is 2.26. The highest BCUT2D eigenvalue weighted by atomic mass is 35.5. The summed E-state index contributed by atoms with van der Waals surface area (Å²) in [5.74, 6) is 0. The van der Waals surface area contributed by atoms with E-state index in [2.05, 4.69) is 34.5 Å². The molecule has 94 valence electrons. The van der Waals surface area contributed by atoms with Gasteiger partial charge in [-0.2, -0.15) is 0 Å². The number of rotatable bonds is 2. The largest absolute Gasteiger partial charge is 0.372 e. The molecule has 0 amide bonds. The standard InChI is InChI=1S/C14H20N2.ClH/c1-2-11-16(10-1)13-7-5-12(6-8-13)14-4-3-9-15-14;/h5-8,14-15H,1-4,9-11H2;1H/t14-;/m0./s1. The number of hydrogen-bond acceptors (Lipinski definition) is 2. The van der Waals surface area contributed by atoms with Crippen LogP contribution in [0, 0.1) is 0 Å². The summed E-state index contributed by atoms with van der Waals surface area (Å²) in [5.41, 5.74) is 2.86. The third kappa shape index (κ3) is 2.75. The van der Waals surface area contributed by atoms with Gasteiger partial charge in [-0.3, -0.25) is 0 Å². The summed E-state index contributed by atoms with van der Waals surface area (Å²) in [6, 6.07) is 9.79. The summed E-state index contributed by atoms with van der Waals surface area (Å²) in [4.78, 5) is 2.49. The first-order chi connectivity index (χ1) is 7.93. The second kappa shape index (κ2) is 5.74. The van der Waals surface area contributed by atoms with Crippen molar-refractivity contribution in [2.45, 2.75) is 31.7 Å². The minimum absolute atomic E-state index is 0. The molecular formula is C14H21ClN2. The van der Waals surface area contributed by atoms with Crippen molar-refractivity contribution < 1.29 is 0 Å². The molecule has 3 rings (SSSR count). The highest BCUT2D eigenvalue weighted by Gasteiger charge is 2.17. The van der Waals surface area contributed by atoms with E-state index in [9.17, 15) is 0 Å². The second-order valence-electron chi connectivity index (χ2n) is 4.93. The van der Waals surface area contributed by atoms with Crippen LogP contribution in [0.3, 0.4) is 0 Å². The van der Waals surface area contributed by atoms with Gasteiger partial charge in [0.15, 0.2) is 0 Å². The Morgan fingerprint density at radius 2 is 1.71 bits per heavy atom. The zero-order valence-electron chi connectivity index (χ0n) is 10.2. The van der Waals surface area contributed by atoms with Crippen molar-refractivity contribution >= 4 is 18.1 Å². The molecule has 3 heteroatoms. The molecule has 2 saturated heterocycles. The zero-order valence-corrected chi connectivity index (χ0v) is 11.0. The Morgan fingerprint density at radius 3 is 2.29 bits per heavy atom. The summed E-state index contributed by atoms with van der Waals surface area (Å²) >= 11 is 0. The molecule has 1 N–H and O–H groups in total. The highest BCUT2D eigenvalue weighted by molar-refractivity contribution is 5.85. The van der Waals surface area contributed by atoms with Gasteiger partial charge in [-0.05, 0) is 49.9 Å². The number of benzene rings is 1. The minimum Gasteiger partial charge on any atom is -0.372 e. The quantitative estimate of drug-likeness (QED) is 0.870. The third-order valence-corrected chi connectivity index (χ3v) is 3.83. The summed E-state index contributed by atoms with van der Waals surface area (Å²) < 4.78 is 0. The lowest BCUT2D eigenvalue weighted by atomic mass is 10.1. The fourth-order valence-corrected chi connectivity index (χ4v) is 2.86. The van der Waals surface area contributed by atoms with Crippen LogP contribution in [0.5, 0.6) is 0 Å². The molecule has 0 bridgehead atoms. The Morgan fingerprint density at radius 1 is 1.00 bits per heavy atom. The number of nitrogens with one attached hydrogen (secondary N) is 1. The SMILES string of the molecule is Cl.c1cc(N2CCCC2)ccc1[C@@H]1CCCN1. The molecular weight excluding hydrogens is 232 g/mol. The van der Waals surface area contributed by atoms with Crippen molar-refractivity contribution in [1.82, 2.24) is 5.32 Å². The van der Waals surface area contributed by atoms with Gasteiger partial charge in [-0.25, -0.2) is 0 Å². The minimum atomic E-state index is 0. The molecule has 0 unspecified atom stereocenters. The molecule has 0 radical (unpaired) electrons. The van der Waals surface area contributed by atoms with E-state index in [0.717, 1.165) is 0 Å². The van der Waals surface area contributed by atoms with Gasteiger partial charge in [-0.1, -0.05) is 12.1 Å². The zero-order chi connectivity index (χ0) is 10.8. The van der Waals surface area contributed by atoms with E-state index in [1.807, 2.05) is 0 Å². The third-order valence-electron chi connectivity index (χ3n) is 3.83. The Hall–Kier alpha value is -0.730. The Bertz CT molecular complexity index is 303. The van der Waals surface area contributed by atoms with Gasteiger partial charge in [0.05, 0.1) is 0 Å². The predicted molar refractivity (Wildman–Crippen MR) is 75.1 cm³/mol. The molecule has 2 aliphatic heterocycles. The van der Waals surface area contributed by atoms with Crippen LogP contribution in [0.15, 0.2) is 24.3 Å². The van der Waals surface area contributed by atoms with E-state index in [4.69, 9.17) is 0 Å². The van der Waals surface area contributed by atoms with Crippen molar-refractivity contribution in [3.8, 4) is 0 Å². The molecule has 1 atom stereocenters. The van der Waals surface area contributed by atoms with Crippen molar-refractivity contribution in [3.63, 3.8) is 0 Å². The van der Waals surface area contributed by atoms with Gasteiger partial charge < -0.3 is 10.2 Å². The molecule has 0 aromatic heterocycles. The maximum atomic E-state index is 3.55. The van der Waals surface area contributed by atoms with Gasteiger partial charge in [0.25, 0.3) is 0 Å². The molecule has 1 aromatic carbocycles. The van der Waals surface area contributed by atoms with Gasteiger partial charge in [-0.15, -0.1) is 12.4 Å². The van der Waals surface area contributed by atoms with Gasteiger partial charge >= 0.3 is 0 Å². The molecule has 2 aliphatic rings. The van der Waals surface area contributed by atoms with Gasteiger partial charge in [0.2, 0.25) is 0 Å². The molecule has 17 heavy (non-hydrogen) atoms. The number of hydrogen-bond donors (Lipinski definition) is 1. The van der Waals surface area contributed by atoms with E-state index in [-0.39, 0.29) is 12.4 Å². The molecule has 2 nitrogen and oxygen atoms in total. The first-order valence-corrected chi connectivity index (χ1v) is 6.52. The van der Waals surface area contributed by atoms with Crippen molar-refractivity contribution in [2.75, 3.05) is 24.5 Å². The lowest BCUT2D eigenvalue weighted by molar-refractivity contribution is 0.648. The predicted octanol–water partition coefficient (Wildman–Crippen LogP) is 3.13. The second-order valence-corrected chi connectivity index (χ2v) is 4.93. The molecule has 0 aliphatic carbocycles. The van der Waals surface area contributed by atoms with Crippen LogP contribution in [0.1, 0.15) is 37.3 Å². The Labute approximate surface area is 110 Å². The molecule has 2 heterocycles. The molecule has 1 aromatic rings. The van der Waals surface area contributed by atoms with E-state index in [1.54, 1.807) is 0 Å². The normalized spacial score (nSPS) is 23.8. The first-order valence-electron chi connectivity index (χ1n) is 6.52. The maximum absolute atomic E-state index is 3.55. The summed E-state index contributed by atoms with van der Waals surface area (Å²) in [6.07, 6.45) is 5.32. The fourth-order valence-electron chi connectivity index (χ4n) is 2.86. The van der Waals surface area contributed by atoms with Crippen LogP contribution in [0.2, 0.25) is 0 Å². The lowest BCUT2D eigenvalue weighted by Crippen LogP contribution is -2.18. The average Bonchev–Trinajstić information content (AvgIpc) is 3.03. The Kier molecular flexibility index (Phi) is 4.30. The summed E-state index contributed by atoms with van der Waals surface area (Å²) in [6.45, 7) is 3.65. The van der Waals surface area contributed by atoms with E-state index in [1.165, 1.54) is 56.6 Å². The van der Waals surface area contributed by atoms with E-state index >= 15 is 0 Å². The van der Waals surface area contributed by atoms with Gasteiger partial charge in [0.1, 0.15) is 0 Å². The number of halogens is 1. The molecule has 0 saturated carbocycles. The maximum Gasteiger partial charge on any atom is 0.0366 e. The van der Waals surface area contributed by atoms with Crippen LogP contribution in [-0.4, -0.2) is 19.6 Å². The van der Waals surface area contributed by atoms with Crippen LogP contribution in [-0.2, 0) is 0 Å². The smallest absolute Gasteiger partial charge is 0.0366 e.